The number of hydrogen-bond acceptors (Lipinski definition) is 0. The molecule has 2 aliphatic rings. The first kappa shape index (κ1) is 14.1. The molecule has 0 aliphatic heterocycles. The van der Waals surface area contributed by atoms with E-state index in [0.717, 1.165) is 11.8 Å². The lowest BCUT2D eigenvalue weighted by Gasteiger charge is -2.19. The van der Waals surface area contributed by atoms with Gasteiger partial charge >= 0.3 is 0 Å². The van der Waals surface area contributed by atoms with Gasteiger partial charge in [0.25, 0.3) is 0 Å². The summed E-state index contributed by atoms with van der Waals surface area (Å²) in [5, 5.41) is 0. The number of allylic oxidation sites excluding steroid dienone is 8. The van der Waals surface area contributed by atoms with Crippen LogP contribution in [0.4, 0.5) is 0 Å². The molecule has 18 heavy (non-hydrogen) atoms. The number of rotatable bonds is 6. The van der Waals surface area contributed by atoms with Gasteiger partial charge in [-0.25, -0.2) is 0 Å². The van der Waals surface area contributed by atoms with Crippen LogP contribution in [0.25, 0.3) is 0 Å². The van der Waals surface area contributed by atoms with Crippen LogP contribution in [0.3, 0.4) is 0 Å². The third kappa shape index (κ3) is 4.75. The highest BCUT2D eigenvalue weighted by Crippen LogP contribution is 2.27. The number of alkyl halides is 1. The van der Waals surface area contributed by atoms with Gasteiger partial charge in [0.15, 0.2) is 0 Å². The van der Waals surface area contributed by atoms with Crippen molar-refractivity contribution in [3.63, 3.8) is 0 Å². The summed E-state index contributed by atoms with van der Waals surface area (Å²) in [6.07, 6.45) is 24.1. The van der Waals surface area contributed by atoms with Gasteiger partial charge in [-0.2, -0.15) is 0 Å². The van der Waals surface area contributed by atoms with Crippen LogP contribution in [-0.4, -0.2) is 4.43 Å². The van der Waals surface area contributed by atoms with E-state index in [1.54, 1.807) is 5.57 Å². The molecule has 0 amide bonds. The monoisotopic (exact) mass is 354 g/mol. The Balaban J connectivity index is 1.67. The Morgan fingerprint density at radius 1 is 1.06 bits per heavy atom. The van der Waals surface area contributed by atoms with Gasteiger partial charge in [0.05, 0.1) is 0 Å². The average Bonchev–Trinajstić information content (AvgIpc) is 2.45. The molecule has 0 saturated heterocycles. The topological polar surface area (TPSA) is 0 Å². The molecule has 1 heteroatoms. The van der Waals surface area contributed by atoms with Crippen LogP contribution in [0.2, 0.25) is 0 Å². The number of hydrogen-bond donors (Lipinski definition) is 0. The quantitative estimate of drug-likeness (QED) is 0.429. The van der Waals surface area contributed by atoms with E-state index in [9.17, 15) is 0 Å². The van der Waals surface area contributed by atoms with E-state index in [1.807, 2.05) is 0 Å². The summed E-state index contributed by atoms with van der Waals surface area (Å²) in [4.78, 5) is 0. The molecule has 0 N–H and O–H groups in total. The molecule has 0 heterocycles. The molecule has 0 bridgehead atoms. The van der Waals surface area contributed by atoms with Crippen molar-refractivity contribution >= 4 is 22.6 Å². The van der Waals surface area contributed by atoms with E-state index in [4.69, 9.17) is 0 Å². The largest absolute Gasteiger partial charge is 0.0864 e. The van der Waals surface area contributed by atoms with E-state index in [-0.39, 0.29) is 0 Å². The van der Waals surface area contributed by atoms with Crippen molar-refractivity contribution in [3.05, 3.63) is 48.1 Å². The van der Waals surface area contributed by atoms with Gasteiger partial charge in [-0.15, -0.1) is 0 Å². The predicted octanol–water partition coefficient (Wildman–Crippen LogP) is 5.62. The zero-order valence-corrected chi connectivity index (χ0v) is 13.2. The second-order valence-electron chi connectivity index (χ2n) is 5.31. The van der Waals surface area contributed by atoms with Gasteiger partial charge in [0, 0.05) is 0 Å². The van der Waals surface area contributed by atoms with Crippen LogP contribution in [0.1, 0.15) is 38.5 Å². The summed E-state index contributed by atoms with van der Waals surface area (Å²) in [7, 11) is 0. The molecule has 0 aromatic rings. The fourth-order valence-corrected chi connectivity index (χ4v) is 3.03. The molecule has 0 saturated carbocycles. The molecule has 2 rings (SSSR count). The molecular formula is C17H23I. The summed E-state index contributed by atoms with van der Waals surface area (Å²) in [5.41, 5.74) is 1.56. The van der Waals surface area contributed by atoms with Gasteiger partial charge in [0.2, 0.25) is 0 Å². The smallest absolute Gasteiger partial charge is 0.000157 e. The zero-order chi connectivity index (χ0) is 12.6. The van der Waals surface area contributed by atoms with Crippen LogP contribution in [-0.2, 0) is 0 Å². The highest BCUT2D eigenvalue weighted by atomic mass is 127. The summed E-state index contributed by atoms with van der Waals surface area (Å²) in [6.45, 7) is 0. The minimum atomic E-state index is 0.785. The first-order valence-electron chi connectivity index (χ1n) is 7.15. The minimum Gasteiger partial charge on any atom is -0.0864 e. The molecule has 0 aromatic carbocycles. The van der Waals surface area contributed by atoms with E-state index in [2.05, 4.69) is 65.1 Å². The predicted molar refractivity (Wildman–Crippen MR) is 89.1 cm³/mol. The van der Waals surface area contributed by atoms with Crippen LogP contribution < -0.4 is 0 Å². The van der Waals surface area contributed by atoms with Crippen LogP contribution in [0.15, 0.2) is 48.1 Å². The Morgan fingerprint density at radius 3 is 2.50 bits per heavy atom. The maximum atomic E-state index is 2.47. The third-order valence-corrected chi connectivity index (χ3v) is 4.60. The molecule has 0 radical (unpaired) electrons. The average molecular weight is 354 g/mol. The van der Waals surface area contributed by atoms with E-state index < -0.39 is 0 Å². The van der Waals surface area contributed by atoms with E-state index in [0.29, 0.717) is 0 Å². The van der Waals surface area contributed by atoms with E-state index >= 15 is 0 Å². The molecular weight excluding hydrogens is 331 g/mol. The Kier molecular flexibility index (Phi) is 6.25. The van der Waals surface area contributed by atoms with E-state index in [1.165, 1.54) is 43.0 Å². The molecule has 2 aliphatic carbocycles. The van der Waals surface area contributed by atoms with Gasteiger partial charge in [-0.05, 0) is 54.8 Å². The highest BCUT2D eigenvalue weighted by Gasteiger charge is 2.12. The molecule has 0 aromatic heterocycles. The van der Waals surface area contributed by atoms with Crippen molar-refractivity contribution < 1.29 is 0 Å². The molecule has 0 spiro atoms. The summed E-state index contributed by atoms with van der Waals surface area (Å²) in [5.74, 6) is 1.57. The van der Waals surface area contributed by atoms with Crippen molar-refractivity contribution in [2.24, 2.45) is 11.8 Å². The maximum Gasteiger partial charge on any atom is -0.000157 e. The fourth-order valence-electron chi connectivity index (χ4n) is 2.65. The van der Waals surface area contributed by atoms with Crippen LogP contribution >= 0.6 is 22.6 Å². The normalized spacial score (nSPS) is 26.4. The van der Waals surface area contributed by atoms with Gasteiger partial charge in [-0.1, -0.05) is 70.7 Å². The standard InChI is InChI=1S/C17H23I/c18-14-4-7-16-9-12-17(13-10-16)11-8-15-5-2-1-3-6-15/h1-3,5,9-10,12,15,17H,4,6-8,11,13-14H2. The molecule has 2 atom stereocenters. The first-order chi connectivity index (χ1) is 8.88. The highest BCUT2D eigenvalue weighted by molar-refractivity contribution is 14.1. The summed E-state index contributed by atoms with van der Waals surface area (Å²) >= 11 is 2.46. The van der Waals surface area contributed by atoms with Crippen molar-refractivity contribution in [2.45, 2.75) is 38.5 Å². The molecule has 2 unspecified atom stereocenters. The minimum absolute atomic E-state index is 0.785. The Morgan fingerprint density at radius 2 is 1.89 bits per heavy atom. The zero-order valence-electron chi connectivity index (χ0n) is 11.0. The SMILES string of the molecule is ICCCC1=CCC(CCC2C=CC=CC2)C=C1. The first-order valence-corrected chi connectivity index (χ1v) is 8.67. The lowest BCUT2D eigenvalue weighted by Crippen LogP contribution is -2.05. The number of halogens is 1. The molecule has 98 valence electrons. The lowest BCUT2D eigenvalue weighted by atomic mass is 9.87. The second-order valence-corrected chi connectivity index (χ2v) is 6.39. The van der Waals surface area contributed by atoms with Gasteiger partial charge < -0.3 is 0 Å². The van der Waals surface area contributed by atoms with Gasteiger partial charge in [-0.3, -0.25) is 0 Å². The summed E-state index contributed by atoms with van der Waals surface area (Å²) in [6, 6.07) is 0. The lowest BCUT2D eigenvalue weighted by molar-refractivity contribution is 0.486. The van der Waals surface area contributed by atoms with Crippen molar-refractivity contribution in [2.75, 3.05) is 4.43 Å². The maximum absolute atomic E-state index is 2.47. The van der Waals surface area contributed by atoms with Crippen LogP contribution in [0.5, 0.6) is 0 Å². The van der Waals surface area contributed by atoms with Crippen LogP contribution in [0, 0.1) is 11.8 Å². The Labute approximate surface area is 125 Å². The van der Waals surface area contributed by atoms with Crippen molar-refractivity contribution in [1.82, 2.24) is 0 Å². The Hall–Kier alpha value is -0.310. The fraction of sp³-hybridized carbons (Fsp3) is 0.529. The third-order valence-electron chi connectivity index (χ3n) is 3.84. The summed E-state index contributed by atoms with van der Waals surface area (Å²) < 4.78 is 1.27. The van der Waals surface area contributed by atoms with Crippen molar-refractivity contribution in [1.29, 1.82) is 0 Å². The van der Waals surface area contributed by atoms with Gasteiger partial charge in [0.1, 0.15) is 0 Å². The van der Waals surface area contributed by atoms with Crippen molar-refractivity contribution in [3.8, 4) is 0 Å². The second kappa shape index (κ2) is 7.98. The Bertz CT molecular complexity index is 360. The molecule has 0 fully saturated rings. The molecule has 0 nitrogen and oxygen atoms in total.